The molecule has 0 unspecified atom stereocenters. The molecular weight excluding hydrogens is 529 g/mol. The van der Waals surface area contributed by atoms with Crippen LogP contribution in [-0.2, 0) is 4.79 Å². The zero-order valence-electron chi connectivity index (χ0n) is 17.6. The number of rotatable bonds is 6. The molecule has 31 heavy (non-hydrogen) atoms. The summed E-state index contributed by atoms with van der Waals surface area (Å²) in [4.78, 5) is 20.8. The van der Waals surface area contributed by atoms with Crippen LogP contribution >= 0.6 is 35.6 Å². The number of hydrogen-bond donors (Lipinski definition) is 3. The lowest BCUT2D eigenvalue weighted by molar-refractivity contribution is -0.116. The maximum atomic E-state index is 12.1. The number of phenolic OH excluding ortho intramolecular Hbond substituents is 1. The van der Waals surface area contributed by atoms with E-state index >= 15 is 0 Å². The van der Waals surface area contributed by atoms with Crippen LogP contribution in [-0.4, -0.2) is 61.6 Å². The summed E-state index contributed by atoms with van der Waals surface area (Å²) in [5, 5.41) is 16.9. The quantitative estimate of drug-likeness (QED) is 0.218. The molecule has 2 aromatic rings. The van der Waals surface area contributed by atoms with Gasteiger partial charge >= 0.3 is 0 Å². The molecule has 1 amide bonds. The molecule has 2 aromatic carbocycles. The number of phenols is 1. The van der Waals surface area contributed by atoms with E-state index in [9.17, 15) is 9.90 Å². The second-order valence-electron chi connectivity index (χ2n) is 7.10. The van der Waals surface area contributed by atoms with Crippen LogP contribution in [0.3, 0.4) is 0 Å². The van der Waals surface area contributed by atoms with E-state index in [0.29, 0.717) is 30.2 Å². The molecule has 0 aliphatic carbocycles. The number of aromatic hydroxyl groups is 1. The summed E-state index contributed by atoms with van der Waals surface area (Å²) in [6.45, 7) is 3.90. The molecule has 3 rings (SSSR count). The van der Waals surface area contributed by atoms with Crippen LogP contribution in [0.15, 0.2) is 53.5 Å². The third-order valence-electron chi connectivity index (χ3n) is 5.01. The zero-order chi connectivity index (χ0) is 21.3. The SMILES string of the molecule is CN=C(NCCCC(=O)Nc1ccc(Cl)cc1)N1CCN(c2ccccc2O)CC1.I. The first-order valence-electron chi connectivity index (χ1n) is 10.1. The third kappa shape index (κ3) is 7.46. The van der Waals surface area contributed by atoms with Crippen molar-refractivity contribution in [2.24, 2.45) is 4.99 Å². The molecule has 7 nitrogen and oxygen atoms in total. The Kier molecular flexibility index (Phi) is 10.2. The van der Waals surface area contributed by atoms with Gasteiger partial charge in [-0.25, -0.2) is 0 Å². The molecule has 0 spiro atoms. The minimum atomic E-state index is -0.0228. The van der Waals surface area contributed by atoms with Crippen LogP contribution in [0.2, 0.25) is 5.02 Å². The molecule has 0 radical (unpaired) electrons. The predicted octanol–water partition coefficient (Wildman–Crippen LogP) is 3.78. The molecule has 1 aliphatic heterocycles. The number of aliphatic imine (C=N–C) groups is 1. The third-order valence-corrected chi connectivity index (χ3v) is 5.26. The number of carbonyl (C=O) groups excluding carboxylic acids is 1. The average molecular weight is 558 g/mol. The number of amides is 1. The van der Waals surface area contributed by atoms with Gasteiger partial charge in [0.15, 0.2) is 5.96 Å². The lowest BCUT2D eigenvalue weighted by atomic mass is 10.2. The van der Waals surface area contributed by atoms with E-state index in [1.165, 1.54) is 0 Å². The number of nitrogens with zero attached hydrogens (tertiary/aromatic N) is 3. The van der Waals surface area contributed by atoms with Crippen molar-refractivity contribution in [3.05, 3.63) is 53.6 Å². The first-order chi connectivity index (χ1) is 14.6. The lowest BCUT2D eigenvalue weighted by Crippen LogP contribution is -2.52. The van der Waals surface area contributed by atoms with Crippen LogP contribution in [0.5, 0.6) is 5.75 Å². The van der Waals surface area contributed by atoms with Gasteiger partial charge in [0, 0.05) is 56.9 Å². The van der Waals surface area contributed by atoms with Crippen molar-refractivity contribution >= 4 is 58.8 Å². The number of anilines is 2. The molecule has 0 bridgehead atoms. The highest BCUT2D eigenvalue weighted by Crippen LogP contribution is 2.27. The van der Waals surface area contributed by atoms with Crippen LogP contribution < -0.4 is 15.5 Å². The van der Waals surface area contributed by atoms with Crippen molar-refractivity contribution in [1.29, 1.82) is 0 Å². The average Bonchev–Trinajstić information content (AvgIpc) is 2.76. The Balaban J connectivity index is 0.00000341. The molecule has 1 saturated heterocycles. The van der Waals surface area contributed by atoms with Crippen LogP contribution in [0.1, 0.15) is 12.8 Å². The number of benzene rings is 2. The van der Waals surface area contributed by atoms with Crippen molar-refractivity contribution < 1.29 is 9.90 Å². The van der Waals surface area contributed by atoms with E-state index < -0.39 is 0 Å². The van der Waals surface area contributed by atoms with Gasteiger partial charge in [-0.15, -0.1) is 24.0 Å². The van der Waals surface area contributed by atoms with Gasteiger partial charge in [0.2, 0.25) is 5.91 Å². The zero-order valence-corrected chi connectivity index (χ0v) is 20.6. The number of nitrogens with one attached hydrogen (secondary N) is 2. The van der Waals surface area contributed by atoms with Crippen molar-refractivity contribution in [3.63, 3.8) is 0 Å². The van der Waals surface area contributed by atoms with Crippen molar-refractivity contribution in [2.45, 2.75) is 12.8 Å². The van der Waals surface area contributed by atoms with Gasteiger partial charge in [0.1, 0.15) is 5.75 Å². The minimum Gasteiger partial charge on any atom is -0.506 e. The number of carbonyl (C=O) groups is 1. The van der Waals surface area contributed by atoms with Crippen LogP contribution in [0, 0.1) is 0 Å². The molecular formula is C22H29ClIN5O2. The Morgan fingerprint density at radius 1 is 1.10 bits per heavy atom. The molecule has 0 aromatic heterocycles. The van der Waals surface area contributed by atoms with Crippen LogP contribution in [0.4, 0.5) is 11.4 Å². The molecule has 9 heteroatoms. The Morgan fingerprint density at radius 3 is 2.42 bits per heavy atom. The number of piperazine rings is 1. The fourth-order valence-corrected chi connectivity index (χ4v) is 3.55. The molecule has 1 fully saturated rings. The highest BCUT2D eigenvalue weighted by atomic mass is 127. The standard InChI is InChI=1S/C22H28ClN5O2.HI/c1-24-22(25-12-4-7-21(30)26-18-10-8-17(23)9-11-18)28-15-13-27(14-16-28)19-5-2-3-6-20(19)29;/h2-3,5-6,8-11,29H,4,7,12-16H2,1H3,(H,24,25)(H,26,30);1H. The highest BCUT2D eigenvalue weighted by Gasteiger charge is 2.21. The van der Waals surface area contributed by atoms with Crippen LogP contribution in [0.25, 0.3) is 0 Å². The molecule has 1 heterocycles. The number of guanidine groups is 1. The number of hydrogen-bond acceptors (Lipinski definition) is 4. The molecule has 1 aliphatic rings. The summed E-state index contributed by atoms with van der Waals surface area (Å²) >= 11 is 5.85. The van der Waals surface area contributed by atoms with E-state index in [0.717, 1.165) is 43.5 Å². The minimum absolute atomic E-state index is 0. The largest absolute Gasteiger partial charge is 0.506 e. The lowest BCUT2D eigenvalue weighted by Gasteiger charge is -2.37. The van der Waals surface area contributed by atoms with Gasteiger partial charge in [-0.1, -0.05) is 23.7 Å². The summed E-state index contributed by atoms with van der Waals surface area (Å²) in [5.41, 5.74) is 1.61. The second-order valence-corrected chi connectivity index (χ2v) is 7.53. The van der Waals surface area contributed by atoms with Crippen molar-refractivity contribution in [1.82, 2.24) is 10.2 Å². The Bertz CT molecular complexity index is 870. The second kappa shape index (κ2) is 12.6. The summed E-state index contributed by atoms with van der Waals surface area (Å²) < 4.78 is 0. The Morgan fingerprint density at radius 2 is 1.77 bits per heavy atom. The number of halogens is 2. The maximum absolute atomic E-state index is 12.1. The highest BCUT2D eigenvalue weighted by molar-refractivity contribution is 14.0. The fraction of sp³-hybridized carbons (Fsp3) is 0.364. The predicted molar refractivity (Wildman–Crippen MR) is 138 cm³/mol. The summed E-state index contributed by atoms with van der Waals surface area (Å²) in [6.07, 6.45) is 1.13. The van der Waals surface area contributed by atoms with Crippen molar-refractivity contribution in [3.8, 4) is 5.75 Å². The summed E-state index contributed by atoms with van der Waals surface area (Å²) in [7, 11) is 1.77. The molecule has 0 atom stereocenters. The van der Waals surface area contributed by atoms with Gasteiger partial charge < -0.3 is 25.5 Å². The van der Waals surface area contributed by atoms with E-state index in [2.05, 4.69) is 25.4 Å². The monoisotopic (exact) mass is 557 g/mol. The van der Waals surface area contributed by atoms with E-state index in [1.54, 1.807) is 37.4 Å². The summed E-state index contributed by atoms with van der Waals surface area (Å²) in [6, 6.07) is 14.5. The normalized spacial score (nSPS) is 14.1. The van der Waals surface area contributed by atoms with E-state index in [4.69, 9.17) is 11.6 Å². The van der Waals surface area contributed by atoms with E-state index in [1.807, 2.05) is 18.2 Å². The van der Waals surface area contributed by atoms with Gasteiger partial charge in [0.25, 0.3) is 0 Å². The number of para-hydroxylation sites is 2. The molecule has 168 valence electrons. The van der Waals surface area contributed by atoms with Gasteiger partial charge in [-0.05, 0) is 42.8 Å². The van der Waals surface area contributed by atoms with Crippen molar-refractivity contribution in [2.75, 3.05) is 50.0 Å². The topological polar surface area (TPSA) is 80.2 Å². The summed E-state index contributed by atoms with van der Waals surface area (Å²) in [5.74, 6) is 1.13. The first kappa shape index (κ1) is 25.1. The Hall–Kier alpha value is -2.20. The Labute approximate surface area is 205 Å². The molecule has 3 N–H and O–H groups in total. The van der Waals surface area contributed by atoms with Gasteiger partial charge in [0.05, 0.1) is 5.69 Å². The maximum Gasteiger partial charge on any atom is 0.224 e. The van der Waals surface area contributed by atoms with Gasteiger partial charge in [-0.2, -0.15) is 0 Å². The smallest absolute Gasteiger partial charge is 0.224 e. The van der Waals surface area contributed by atoms with Gasteiger partial charge in [-0.3, -0.25) is 9.79 Å². The molecule has 0 saturated carbocycles. The first-order valence-corrected chi connectivity index (χ1v) is 10.5. The van der Waals surface area contributed by atoms with E-state index in [-0.39, 0.29) is 29.9 Å². The fourth-order valence-electron chi connectivity index (χ4n) is 3.43.